The van der Waals surface area contributed by atoms with E-state index in [1.54, 1.807) is 0 Å². The number of amidine groups is 1. The van der Waals surface area contributed by atoms with Crippen molar-refractivity contribution in [2.45, 2.75) is 26.3 Å². The van der Waals surface area contributed by atoms with Gasteiger partial charge in [0.05, 0.1) is 0 Å². The van der Waals surface area contributed by atoms with Crippen molar-refractivity contribution in [2.75, 3.05) is 7.05 Å². The molecule has 3 heteroatoms. The summed E-state index contributed by atoms with van der Waals surface area (Å²) in [4.78, 5) is 6.69. The number of rotatable bonds is 0. The van der Waals surface area contributed by atoms with Gasteiger partial charge in [0.1, 0.15) is 0 Å². The Morgan fingerprint density at radius 2 is 2.00 bits per heavy atom. The molecule has 0 saturated carbocycles. The van der Waals surface area contributed by atoms with Gasteiger partial charge in [0.25, 0.3) is 0 Å². The number of hydrogen-bond donors (Lipinski definition) is 0. The van der Waals surface area contributed by atoms with Crippen LogP contribution in [0.4, 0.5) is 0 Å². The summed E-state index contributed by atoms with van der Waals surface area (Å²) < 4.78 is 1.41. The maximum atomic E-state index is 4.51. The van der Waals surface area contributed by atoms with Gasteiger partial charge in [-0.25, -0.2) is 0 Å². The molecule has 0 N–H and O–H groups in total. The molecule has 0 spiro atoms. The first kappa shape index (κ1) is 8.13. The Hall–Kier alpha value is 0.0283. The Morgan fingerprint density at radius 3 is 2.10 bits per heavy atom. The number of nitrogens with zero attached hydrogens (tertiary/aromatic N) is 2. The van der Waals surface area contributed by atoms with Crippen molar-refractivity contribution in [3.63, 3.8) is 0 Å². The Balaban J connectivity index is 2.98. The molecule has 0 atom stereocenters. The van der Waals surface area contributed by atoms with Crippen molar-refractivity contribution in [1.29, 1.82) is 0 Å². The van der Waals surface area contributed by atoms with Gasteiger partial charge < -0.3 is 0 Å². The van der Waals surface area contributed by atoms with Crippen LogP contribution < -0.4 is 0 Å². The van der Waals surface area contributed by atoms with Gasteiger partial charge in [-0.3, -0.25) is 0 Å². The van der Waals surface area contributed by atoms with Gasteiger partial charge in [0.2, 0.25) is 0 Å². The fraction of sp³-hybridized carbons (Fsp3) is 0.714. The summed E-state index contributed by atoms with van der Waals surface area (Å²) in [5, 5.41) is 0. The molecule has 0 bridgehead atoms. The molecule has 1 aliphatic heterocycles. The van der Waals surface area contributed by atoms with Crippen LogP contribution in [0, 0.1) is 0 Å². The molecule has 10 heavy (non-hydrogen) atoms. The monoisotopic (exact) mass is 308 g/mol. The van der Waals surface area contributed by atoms with Crippen LogP contribution in [0.3, 0.4) is 0 Å². The Bertz CT molecular complexity index is 206. The number of likely N-dealkylation sites (N-methyl/N-ethyl adjacent to an activating group) is 1. The molecule has 0 fully saturated rings. The zero-order chi connectivity index (χ0) is 7.94. The molecule has 0 unspecified atom stereocenters. The number of hydrogen-bond acceptors (Lipinski definition) is 2. The molecule has 56 valence electrons. The van der Waals surface area contributed by atoms with Gasteiger partial charge in [-0.1, -0.05) is 0 Å². The predicted octanol–water partition coefficient (Wildman–Crippen LogP) is 0.805. The van der Waals surface area contributed by atoms with Crippen molar-refractivity contribution in [1.82, 2.24) is 4.90 Å². The van der Waals surface area contributed by atoms with E-state index in [2.05, 4.69) is 37.7 Å². The summed E-state index contributed by atoms with van der Waals surface area (Å²) in [5.74, 6) is 1.13. The summed E-state index contributed by atoms with van der Waals surface area (Å²) in [6.45, 7) is 6.36. The molecule has 0 radical (unpaired) electrons. The van der Waals surface area contributed by atoms with E-state index in [4.69, 9.17) is 0 Å². The van der Waals surface area contributed by atoms with Gasteiger partial charge in [-0.15, -0.1) is 0 Å². The van der Waals surface area contributed by atoms with Gasteiger partial charge in [-0.2, -0.15) is 0 Å². The standard InChI is InChI=1S/C7H12N2.W/c1-6-8-7(2,3)5-9(6)4;/h1-4H3;. The van der Waals surface area contributed by atoms with Crippen molar-refractivity contribution in [2.24, 2.45) is 4.99 Å². The van der Waals surface area contributed by atoms with Gasteiger partial charge in [0, 0.05) is 0 Å². The first-order valence-corrected chi connectivity index (χ1v) is 4.76. The molecule has 2 nitrogen and oxygen atoms in total. The van der Waals surface area contributed by atoms with Crippen molar-refractivity contribution < 1.29 is 19.4 Å². The molecule has 1 heterocycles. The van der Waals surface area contributed by atoms with Crippen LogP contribution in [0.25, 0.3) is 0 Å². The van der Waals surface area contributed by atoms with E-state index in [1.807, 2.05) is 0 Å². The summed E-state index contributed by atoms with van der Waals surface area (Å²) in [5.41, 5.74) is 0.0637. The zero-order valence-electron chi connectivity index (χ0n) is 6.80. The predicted molar refractivity (Wildman–Crippen MR) is 40.0 cm³/mol. The average molecular weight is 308 g/mol. The van der Waals surface area contributed by atoms with E-state index in [-0.39, 0.29) is 5.54 Å². The number of aliphatic imine (C=N–C) groups is 1. The quantitative estimate of drug-likeness (QED) is 0.646. The van der Waals surface area contributed by atoms with Crippen molar-refractivity contribution in [3.05, 3.63) is 0 Å². The van der Waals surface area contributed by atoms with Crippen molar-refractivity contribution in [3.8, 4) is 0 Å². The zero-order valence-corrected chi connectivity index (χ0v) is 9.74. The molecule has 0 saturated heterocycles. The summed E-state index contributed by atoms with van der Waals surface area (Å²) in [6, 6.07) is 0. The summed E-state index contributed by atoms with van der Waals surface area (Å²) in [7, 11) is 2.08. The topological polar surface area (TPSA) is 15.6 Å². The molecule has 1 rings (SSSR count). The normalized spacial score (nSPS) is 23.4. The third-order valence-corrected chi connectivity index (χ3v) is 4.53. The molecule has 1 aliphatic rings. The van der Waals surface area contributed by atoms with Gasteiger partial charge in [-0.05, 0) is 0 Å². The molecule has 0 aromatic heterocycles. The van der Waals surface area contributed by atoms with E-state index < -0.39 is 0 Å². The second-order valence-electron chi connectivity index (χ2n) is 3.08. The van der Waals surface area contributed by atoms with Crippen LogP contribution in [-0.4, -0.2) is 27.3 Å². The molecule has 0 aliphatic carbocycles. The van der Waals surface area contributed by atoms with Gasteiger partial charge >= 0.3 is 72.5 Å². The van der Waals surface area contributed by atoms with Crippen LogP contribution in [0.1, 0.15) is 20.8 Å². The van der Waals surface area contributed by atoms with Crippen LogP contribution in [-0.2, 0) is 19.4 Å². The van der Waals surface area contributed by atoms with Crippen LogP contribution in [0.5, 0.6) is 0 Å². The SMILES string of the molecule is CC1=NC(C)(C)[C](=[W])N1C. The van der Waals surface area contributed by atoms with E-state index in [1.165, 1.54) is 23.4 Å². The third kappa shape index (κ3) is 1.10. The molecular weight excluding hydrogens is 296 g/mol. The van der Waals surface area contributed by atoms with Crippen LogP contribution in [0.2, 0.25) is 0 Å². The van der Waals surface area contributed by atoms with Crippen LogP contribution in [0.15, 0.2) is 4.99 Å². The van der Waals surface area contributed by atoms with E-state index >= 15 is 0 Å². The average Bonchev–Trinajstić information content (AvgIpc) is 1.95. The molecule has 0 amide bonds. The Kier molecular flexibility index (Phi) is 1.84. The summed E-state index contributed by atoms with van der Waals surface area (Å²) >= 11 is 1.52. The Labute approximate surface area is 72.7 Å². The van der Waals surface area contributed by atoms with Crippen LogP contribution >= 0.6 is 0 Å². The summed E-state index contributed by atoms with van der Waals surface area (Å²) in [6.07, 6.45) is 0. The molecular formula is C7H12N2W. The van der Waals surface area contributed by atoms with E-state index in [9.17, 15) is 0 Å². The minimum atomic E-state index is 0.0637. The Morgan fingerprint density at radius 1 is 1.50 bits per heavy atom. The fourth-order valence-corrected chi connectivity index (χ4v) is 1.72. The maximum absolute atomic E-state index is 4.51. The second-order valence-corrected chi connectivity index (χ2v) is 4.47. The van der Waals surface area contributed by atoms with E-state index in [0.29, 0.717) is 0 Å². The minimum absolute atomic E-state index is 0.0637. The van der Waals surface area contributed by atoms with Gasteiger partial charge in [0.15, 0.2) is 0 Å². The van der Waals surface area contributed by atoms with Crippen molar-refractivity contribution >= 4 is 9.86 Å². The molecule has 0 aromatic carbocycles. The first-order chi connectivity index (χ1) is 4.45. The first-order valence-electron chi connectivity index (χ1n) is 3.30. The molecule has 0 aromatic rings. The van der Waals surface area contributed by atoms with E-state index in [0.717, 1.165) is 5.84 Å². The second kappa shape index (κ2) is 2.27. The third-order valence-electron chi connectivity index (χ3n) is 1.75. The fourth-order valence-electron chi connectivity index (χ4n) is 1.08.